The monoisotopic (exact) mass is 404 g/mol. The normalized spacial score (nSPS) is 15.1. The highest BCUT2D eigenvalue weighted by Gasteiger charge is 2.30. The van der Waals surface area contributed by atoms with Crippen LogP contribution < -0.4 is 21.7 Å². The number of carbonyl (C=O) groups is 5. The van der Waals surface area contributed by atoms with E-state index in [1.807, 2.05) is 5.32 Å². The Hall–Kier alpha value is -2.73. The van der Waals surface area contributed by atoms with Crippen molar-refractivity contribution in [2.24, 2.45) is 11.7 Å². The minimum Gasteiger partial charge on any atom is -0.481 e. The van der Waals surface area contributed by atoms with Crippen molar-refractivity contribution >= 4 is 29.7 Å². The van der Waals surface area contributed by atoms with Gasteiger partial charge in [0.15, 0.2) is 0 Å². The second kappa shape index (κ2) is 11.9. The van der Waals surface area contributed by atoms with Gasteiger partial charge in [0.2, 0.25) is 17.7 Å². The second-order valence-electron chi connectivity index (χ2n) is 6.73. The van der Waals surface area contributed by atoms with Crippen LogP contribution in [-0.2, 0) is 24.0 Å². The maximum absolute atomic E-state index is 12.5. The number of aliphatic carboxylic acids is 2. The molecule has 4 unspecified atom stereocenters. The van der Waals surface area contributed by atoms with Gasteiger partial charge in [-0.1, -0.05) is 13.8 Å². The lowest BCUT2D eigenvalue weighted by Gasteiger charge is -2.25. The predicted octanol–water partition coefficient (Wildman–Crippen LogP) is -2.61. The van der Waals surface area contributed by atoms with Crippen molar-refractivity contribution in [2.75, 3.05) is 6.54 Å². The lowest BCUT2D eigenvalue weighted by atomic mass is 10.0. The number of nitrogens with two attached hydrogens (primary N) is 1. The molecule has 8 N–H and O–H groups in total. The third-order valence-corrected chi connectivity index (χ3v) is 3.59. The van der Waals surface area contributed by atoms with Crippen LogP contribution in [0.15, 0.2) is 0 Å². The number of aliphatic hydroxyl groups excluding tert-OH is 1. The lowest BCUT2D eigenvalue weighted by Crippen LogP contribution is -2.57. The minimum atomic E-state index is -1.54. The smallest absolute Gasteiger partial charge is 0.322 e. The number of hydrogen-bond acceptors (Lipinski definition) is 7. The zero-order valence-electron chi connectivity index (χ0n) is 16.0. The topological polar surface area (TPSA) is 208 Å². The average Bonchev–Trinajstić information content (AvgIpc) is 2.56. The largest absolute Gasteiger partial charge is 0.481 e. The number of hydrogen-bond donors (Lipinski definition) is 7. The summed E-state index contributed by atoms with van der Waals surface area (Å²) >= 11 is 0. The minimum absolute atomic E-state index is 0.0578. The van der Waals surface area contributed by atoms with E-state index in [0.717, 1.165) is 0 Å². The van der Waals surface area contributed by atoms with Crippen molar-refractivity contribution in [1.82, 2.24) is 16.0 Å². The van der Waals surface area contributed by atoms with Crippen LogP contribution >= 0.6 is 0 Å². The van der Waals surface area contributed by atoms with E-state index >= 15 is 0 Å². The highest BCUT2D eigenvalue weighted by molar-refractivity contribution is 5.95. The summed E-state index contributed by atoms with van der Waals surface area (Å²) in [5.74, 6) is -5.41. The fourth-order valence-electron chi connectivity index (χ4n) is 2.13. The van der Waals surface area contributed by atoms with Gasteiger partial charge >= 0.3 is 11.9 Å². The quantitative estimate of drug-likeness (QED) is 0.181. The summed E-state index contributed by atoms with van der Waals surface area (Å²) in [6.07, 6.45) is -1.79. The molecule has 0 radical (unpaired) electrons. The summed E-state index contributed by atoms with van der Waals surface area (Å²) in [6, 6.07) is -3.96. The fourth-order valence-corrected chi connectivity index (χ4v) is 2.13. The Kier molecular flexibility index (Phi) is 10.7. The maximum Gasteiger partial charge on any atom is 0.322 e. The zero-order valence-corrected chi connectivity index (χ0v) is 16.0. The summed E-state index contributed by atoms with van der Waals surface area (Å²) < 4.78 is 0. The van der Waals surface area contributed by atoms with E-state index in [1.54, 1.807) is 13.8 Å². The first-order chi connectivity index (χ1) is 12.8. The average molecular weight is 404 g/mol. The molecule has 0 saturated carbocycles. The van der Waals surface area contributed by atoms with Gasteiger partial charge < -0.3 is 37.0 Å². The van der Waals surface area contributed by atoms with Gasteiger partial charge in [0.1, 0.15) is 24.7 Å². The van der Waals surface area contributed by atoms with Crippen molar-refractivity contribution in [3.05, 3.63) is 0 Å². The molecule has 0 aromatic heterocycles. The number of amides is 3. The van der Waals surface area contributed by atoms with E-state index in [9.17, 15) is 29.1 Å². The van der Waals surface area contributed by atoms with Crippen LogP contribution in [-0.4, -0.2) is 75.8 Å². The third kappa shape index (κ3) is 9.83. The molecule has 4 atom stereocenters. The van der Waals surface area contributed by atoms with Crippen molar-refractivity contribution < 1.29 is 39.3 Å². The molecule has 0 heterocycles. The first-order valence-corrected chi connectivity index (χ1v) is 8.60. The summed E-state index contributed by atoms with van der Waals surface area (Å²) in [5, 5.41) is 33.5. The summed E-state index contributed by atoms with van der Waals surface area (Å²) in [6.45, 7) is 4.10. The van der Waals surface area contributed by atoms with Gasteiger partial charge in [0.05, 0.1) is 12.5 Å². The molecule has 12 heteroatoms. The van der Waals surface area contributed by atoms with Crippen molar-refractivity contribution in [2.45, 2.75) is 57.8 Å². The molecule has 0 aromatic carbocycles. The molecule has 0 aliphatic carbocycles. The lowest BCUT2D eigenvalue weighted by molar-refractivity contribution is -0.141. The molecule has 3 amide bonds. The first kappa shape index (κ1) is 25.3. The first-order valence-electron chi connectivity index (χ1n) is 8.60. The third-order valence-electron chi connectivity index (χ3n) is 3.59. The van der Waals surface area contributed by atoms with Crippen molar-refractivity contribution in [1.29, 1.82) is 0 Å². The molecule has 0 aliphatic rings. The van der Waals surface area contributed by atoms with E-state index in [2.05, 4.69) is 10.6 Å². The molecule has 160 valence electrons. The fraction of sp³-hybridized carbons (Fsp3) is 0.688. The van der Waals surface area contributed by atoms with Crippen LogP contribution in [0.2, 0.25) is 0 Å². The van der Waals surface area contributed by atoms with E-state index in [0.29, 0.717) is 0 Å². The van der Waals surface area contributed by atoms with E-state index in [1.165, 1.54) is 6.92 Å². The van der Waals surface area contributed by atoms with Gasteiger partial charge in [-0.05, 0) is 19.3 Å². The van der Waals surface area contributed by atoms with E-state index in [-0.39, 0.29) is 12.3 Å². The predicted molar refractivity (Wildman–Crippen MR) is 95.9 cm³/mol. The van der Waals surface area contributed by atoms with Crippen LogP contribution in [0.5, 0.6) is 0 Å². The molecule has 28 heavy (non-hydrogen) atoms. The molecular weight excluding hydrogens is 376 g/mol. The van der Waals surface area contributed by atoms with Crippen LogP contribution in [0.1, 0.15) is 33.6 Å². The molecule has 0 aliphatic heterocycles. The SMILES string of the molecule is CC(C)CC(NC(=O)C(N)C(C)O)C(=O)NC(CC(=O)O)C(=O)NCC(=O)O. The van der Waals surface area contributed by atoms with Crippen molar-refractivity contribution in [3.8, 4) is 0 Å². The molecule has 0 saturated heterocycles. The van der Waals surface area contributed by atoms with Gasteiger partial charge in [-0.3, -0.25) is 24.0 Å². The standard InChI is InChI=1S/C16H28N4O8/c1-7(2)4-9(20-16(28)13(17)8(3)21)15(27)19-10(5-11(22)23)14(26)18-6-12(24)25/h7-10,13,21H,4-6,17H2,1-3H3,(H,18,26)(H,19,27)(H,20,28)(H,22,23)(H,24,25). The number of carboxylic acid groups (broad SMARTS) is 2. The zero-order chi connectivity index (χ0) is 22.0. The van der Waals surface area contributed by atoms with E-state index in [4.69, 9.17) is 15.9 Å². The molecular formula is C16H28N4O8. The maximum atomic E-state index is 12.5. The summed E-state index contributed by atoms with van der Waals surface area (Å²) in [4.78, 5) is 58.1. The molecule has 0 rings (SSSR count). The number of rotatable bonds is 12. The highest BCUT2D eigenvalue weighted by atomic mass is 16.4. The molecule has 0 aromatic rings. The van der Waals surface area contributed by atoms with Crippen molar-refractivity contribution in [3.63, 3.8) is 0 Å². The Morgan fingerprint density at radius 3 is 1.82 bits per heavy atom. The van der Waals surface area contributed by atoms with Crippen LogP contribution in [0.4, 0.5) is 0 Å². The Morgan fingerprint density at radius 2 is 1.39 bits per heavy atom. The van der Waals surface area contributed by atoms with Gasteiger partial charge in [0.25, 0.3) is 0 Å². The van der Waals surface area contributed by atoms with Gasteiger partial charge in [-0.15, -0.1) is 0 Å². The highest BCUT2D eigenvalue weighted by Crippen LogP contribution is 2.07. The second-order valence-corrected chi connectivity index (χ2v) is 6.73. The van der Waals surface area contributed by atoms with E-state index < -0.39 is 66.9 Å². The Morgan fingerprint density at radius 1 is 0.857 bits per heavy atom. The summed E-state index contributed by atoms with van der Waals surface area (Å²) in [5.41, 5.74) is 5.53. The number of carboxylic acids is 2. The Labute approximate surface area is 161 Å². The number of aliphatic hydroxyl groups is 1. The number of nitrogens with one attached hydrogen (secondary N) is 3. The van der Waals surface area contributed by atoms with Gasteiger partial charge in [0, 0.05) is 0 Å². The summed E-state index contributed by atoms with van der Waals surface area (Å²) in [7, 11) is 0. The molecule has 12 nitrogen and oxygen atoms in total. The van der Waals surface area contributed by atoms with Crippen LogP contribution in [0, 0.1) is 5.92 Å². The van der Waals surface area contributed by atoms with Gasteiger partial charge in [-0.25, -0.2) is 0 Å². The molecule has 0 fully saturated rings. The number of carbonyl (C=O) groups excluding carboxylic acids is 3. The van der Waals surface area contributed by atoms with Crippen LogP contribution in [0.25, 0.3) is 0 Å². The van der Waals surface area contributed by atoms with Gasteiger partial charge in [-0.2, -0.15) is 0 Å². The van der Waals surface area contributed by atoms with Crippen LogP contribution in [0.3, 0.4) is 0 Å². The molecule has 0 spiro atoms. The molecule has 0 bridgehead atoms. The Bertz CT molecular complexity index is 593. The Balaban J connectivity index is 5.28.